The van der Waals surface area contributed by atoms with Crippen LogP contribution in [0, 0.1) is 6.92 Å². The first-order chi connectivity index (χ1) is 8.96. The van der Waals surface area contributed by atoms with Gasteiger partial charge in [-0.1, -0.05) is 17.7 Å². The van der Waals surface area contributed by atoms with Crippen LogP contribution in [0.3, 0.4) is 0 Å². The maximum Gasteiger partial charge on any atom is 0.324 e. The third-order valence-electron chi connectivity index (χ3n) is 3.30. The van der Waals surface area contributed by atoms with Gasteiger partial charge < -0.3 is 4.74 Å². The lowest BCUT2D eigenvalue weighted by atomic mass is 10.2. The molecule has 0 spiro atoms. The molecule has 1 aliphatic heterocycles. The van der Waals surface area contributed by atoms with Crippen LogP contribution in [0.15, 0.2) is 29.2 Å². The maximum atomic E-state index is 12.5. The monoisotopic (exact) mass is 283 g/mol. The average molecular weight is 283 g/mol. The molecular weight excluding hydrogens is 266 g/mol. The van der Waals surface area contributed by atoms with Crippen molar-refractivity contribution in [3.05, 3.63) is 29.8 Å². The minimum absolute atomic E-state index is 0.217. The van der Waals surface area contributed by atoms with E-state index in [4.69, 9.17) is 0 Å². The highest BCUT2D eigenvalue weighted by Crippen LogP contribution is 2.26. The fourth-order valence-electron chi connectivity index (χ4n) is 2.25. The van der Waals surface area contributed by atoms with E-state index in [1.165, 1.54) is 11.4 Å². The third kappa shape index (κ3) is 2.64. The summed E-state index contributed by atoms with van der Waals surface area (Å²) in [5.74, 6) is -0.492. The molecule has 0 N–H and O–H groups in total. The lowest BCUT2D eigenvalue weighted by molar-refractivity contribution is -0.144. The van der Waals surface area contributed by atoms with Crippen molar-refractivity contribution < 1.29 is 17.9 Å². The first kappa shape index (κ1) is 14.0. The molecule has 1 aromatic carbocycles. The molecule has 5 nitrogen and oxygen atoms in total. The summed E-state index contributed by atoms with van der Waals surface area (Å²) in [5, 5.41) is 0. The van der Waals surface area contributed by atoms with Crippen molar-refractivity contribution in [1.29, 1.82) is 0 Å². The Morgan fingerprint density at radius 2 is 1.95 bits per heavy atom. The molecule has 1 fully saturated rings. The highest BCUT2D eigenvalue weighted by molar-refractivity contribution is 7.89. The van der Waals surface area contributed by atoms with Gasteiger partial charge in [0.25, 0.3) is 0 Å². The van der Waals surface area contributed by atoms with Gasteiger partial charge in [-0.15, -0.1) is 0 Å². The van der Waals surface area contributed by atoms with Crippen LogP contribution >= 0.6 is 0 Å². The minimum Gasteiger partial charge on any atom is -0.468 e. The second-order valence-electron chi connectivity index (χ2n) is 4.61. The van der Waals surface area contributed by atoms with Crippen LogP contribution in [-0.4, -0.2) is 38.4 Å². The number of carbonyl (C=O) groups is 1. The third-order valence-corrected chi connectivity index (χ3v) is 5.23. The molecule has 0 radical (unpaired) electrons. The van der Waals surface area contributed by atoms with Crippen LogP contribution in [0.2, 0.25) is 0 Å². The highest BCUT2D eigenvalue weighted by atomic mass is 32.2. The SMILES string of the molecule is COC(=O)[C@H]1CCCN1S(=O)(=O)c1ccc(C)cc1. The summed E-state index contributed by atoms with van der Waals surface area (Å²) in [5.41, 5.74) is 0.991. The molecule has 104 valence electrons. The first-order valence-corrected chi connectivity index (χ1v) is 7.57. The smallest absolute Gasteiger partial charge is 0.324 e. The zero-order chi connectivity index (χ0) is 14.0. The quantitative estimate of drug-likeness (QED) is 0.785. The highest BCUT2D eigenvalue weighted by Gasteiger charge is 2.39. The molecule has 0 amide bonds. The molecule has 1 atom stereocenters. The fraction of sp³-hybridized carbons (Fsp3) is 0.462. The van der Waals surface area contributed by atoms with Crippen LogP contribution in [0.4, 0.5) is 0 Å². The zero-order valence-corrected chi connectivity index (χ0v) is 11.8. The van der Waals surface area contributed by atoms with Gasteiger partial charge in [0, 0.05) is 6.54 Å². The molecule has 0 aliphatic carbocycles. The van der Waals surface area contributed by atoms with Crippen molar-refractivity contribution in [2.75, 3.05) is 13.7 Å². The summed E-state index contributed by atoms with van der Waals surface area (Å²) >= 11 is 0. The Kier molecular flexibility index (Phi) is 3.91. The number of carbonyl (C=O) groups excluding carboxylic acids is 1. The Morgan fingerprint density at radius 1 is 1.32 bits per heavy atom. The van der Waals surface area contributed by atoms with E-state index in [-0.39, 0.29) is 4.90 Å². The van der Waals surface area contributed by atoms with Crippen molar-refractivity contribution in [3.63, 3.8) is 0 Å². The van der Waals surface area contributed by atoms with Gasteiger partial charge in [-0.05, 0) is 31.9 Å². The molecule has 1 aromatic rings. The fourth-order valence-corrected chi connectivity index (χ4v) is 3.89. The Balaban J connectivity index is 2.33. The molecule has 0 saturated carbocycles. The molecule has 2 rings (SSSR count). The zero-order valence-electron chi connectivity index (χ0n) is 11.0. The molecule has 1 heterocycles. The van der Waals surface area contributed by atoms with Gasteiger partial charge in [0.1, 0.15) is 6.04 Å². The van der Waals surface area contributed by atoms with E-state index in [2.05, 4.69) is 4.74 Å². The van der Waals surface area contributed by atoms with Gasteiger partial charge in [0.2, 0.25) is 10.0 Å². The number of benzene rings is 1. The summed E-state index contributed by atoms with van der Waals surface area (Å²) in [4.78, 5) is 11.8. The predicted molar refractivity (Wildman–Crippen MR) is 70.1 cm³/mol. The normalized spacial score (nSPS) is 20.4. The van der Waals surface area contributed by atoms with Gasteiger partial charge in [-0.2, -0.15) is 4.31 Å². The van der Waals surface area contributed by atoms with Gasteiger partial charge in [-0.3, -0.25) is 4.79 Å². The molecule has 6 heteroatoms. The van der Waals surface area contributed by atoms with Gasteiger partial charge in [0.05, 0.1) is 12.0 Å². The Hall–Kier alpha value is -1.40. The Morgan fingerprint density at radius 3 is 2.53 bits per heavy atom. The van der Waals surface area contributed by atoms with E-state index in [9.17, 15) is 13.2 Å². The summed E-state index contributed by atoms with van der Waals surface area (Å²) in [7, 11) is -2.35. The second-order valence-corrected chi connectivity index (χ2v) is 6.50. The lowest BCUT2D eigenvalue weighted by Crippen LogP contribution is -2.40. The van der Waals surface area contributed by atoms with Crippen molar-refractivity contribution >= 4 is 16.0 Å². The molecule has 1 saturated heterocycles. The van der Waals surface area contributed by atoms with E-state index < -0.39 is 22.0 Å². The molecule has 0 aromatic heterocycles. The number of esters is 1. The second kappa shape index (κ2) is 5.30. The topological polar surface area (TPSA) is 63.7 Å². The van der Waals surface area contributed by atoms with Crippen molar-refractivity contribution in [2.45, 2.75) is 30.7 Å². The first-order valence-electron chi connectivity index (χ1n) is 6.13. The number of sulfonamides is 1. The number of rotatable bonds is 3. The number of hydrogen-bond acceptors (Lipinski definition) is 4. The maximum absolute atomic E-state index is 12.5. The molecule has 19 heavy (non-hydrogen) atoms. The summed E-state index contributed by atoms with van der Waals surface area (Å²) in [6, 6.07) is 5.93. The molecule has 0 bridgehead atoms. The standard InChI is InChI=1S/C13H17NO4S/c1-10-5-7-11(8-6-10)19(16,17)14-9-3-4-12(14)13(15)18-2/h5-8,12H,3-4,9H2,1-2H3/t12-/m1/s1. The van der Waals surface area contributed by atoms with E-state index in [0.29, 0.717) is 19.4 Å². The number of ether oxygens (including phenoxy) is 1. The van der Waals surface area contributed by atoms with E-state index in [1.807, 2.05) is 6.92 Å². The van der Waals surface area contributed by atoms with Gasteiger partial charge >= 0.3 is 5.97 Å². The number of aryl methyl sites for hydroxylation is 1. The van der Waals surface area contributed by atoms with E-state index >= 15 is 0 Å². The molecule has 1 aliphatic rings. The van der Waals surface area contributed by atoms with Crippen molar-refractivity contribution in [1.82, 2.24) is 4.31 Å². The molecular formula is C13H17NO4S. The van der Waals surface area contributed by atoms with Gasteiger partial charge in [0.15, 0.2) is 0 Å². The summed E-state index contributed by atoms with van der Waals surface area (Å²) < 4.78 is 30.9. The van der Waals surface area contributed by atoms with Crippen LogP contribution in [0.25, 0.3) is 0 Å². The predicted octanol–water partition coefficient (Wildman–Crippen LogP) is 1.32. The van der Waals surface area contributed by atoms with Crippen molar-refractivity contribution in [3.8, 4) is 0 Å². The number of methoxy groups -OCH3 is 1. The Bertz CT molecular complexity index is 565. The Labute approximate surface area is 113 Å². The van der Waals surface area contributed by atoms with Crippen LogP contribution in [0.5, 0.6) is 0 Å². The molecule has 0 unspecified atom stereocenters. The average Bonchev–Trinajstić information content (AvgIpc) is 2.88. The van der Waals surface area contributed by atoms with Crippen LogP contribution in [0.1, 0.15) is 18.4 Å². The van der Waals surface area contributed by atoms with E-state index in [0.717, 1.165) is 5.56 Å². The van der Waals surface area contributed by atoms with Gasteiger partial charge in [-0.25, -0.2) is 8.42 Å². The van der Waals surface area contributed by atoms with Crippen LogP contribution < -0.4 is 0 Å². The minimum atomic E-state index is -3.63. The lowest BCUT2D eigenvalue weighted by Gasteiger charge is -2.22. The number of hydrogen-bond donors (Lipinski definition) is 0. The summed E-state index contributed by atoms with van der Waals surface area (Å²) in [6.45, 7) is 2.25. The summed E-state index contributed by atoms with van der Waals surface area (Å²) in [6.07, 6.45) is 1.18. The van der Waals surface area contributed by atoms with Crippen LogP contribution in [-0.2, 0) is 19.6 Å². The number of nitrogens with zero attached hydrogens (tertiary/aromatic N) is 1. The largest absolute Gasteiger partial charge is 0.468 e. The van der Waals surface area contributed by atoms with Crippen molar-refractivity contribution in [2.24, 2.45) is 0 Å². The van der Waals surface area contributed by atoms with E-state index in [1.54, 1.807) is 24.3 Å².